The van der Waals surface area contributed by atoms with Crippen LogP contribution in [0.3, 0.4) is 0 Å². The Bertz CT molecular complexity index is 605. The molecule has 1 heterocycles. The quantitative estimate of drug-likeness (QED) is 0.839. The van der Waals surface area contributed by atoms with Crippen LogP contribution in [0.1, 0.15) is 39.8 Å². The summed E-state index contributed by atoms with van der Waals surface area (Å²) in [6.07, 6.45) is 1.27. The first-order valence-electron chi connectivity index (χ1n) is 6.09. The van der Waals surface area contributed by atoms with E-state index in [1.807, 2.05) is 0 Å². The van der Waals surface area contributed by atoms with Crippen molar-refractivity contribution in [3.8, 4) is 0 Å². The van der Waals surface area contributed by atoms with Gasteiger partial charge in [0, 0.05) is 5.38 Å². The molecule has 110 valence electrons. The molecule has 0 amide bonds. The number of carbonyl (C=O) groups excluding carboxylic acids is 1. The Hall–Kier alpha value is -1.89. The van der Waals surface area contributed by atoms with Crippen LogP contribution in [0.4, 0.5) is 4.79 Å². The van der Waals surface area contributed by atoms with Crippen molar-refractivity contribution in [1.29, 1.82) is 5.41 Å². The predicted molar refractivity (Wildman–Crippen MR) is 75.7 cm³/mol. The van der Waals surface area contributed by atoms with Gasteiger partial charge in [0.25, 0.3) is 0 Å². The molecule has 0 aliphatic rings. The highest BCUT2D eigenvalue weighted by atomic mass is 32.1. The van der Waals surface area contributed by atoms with Gasteiger partial charge in [-0.2, -0.15) is 0 Å². The molecule has 1 aromatic rings. The number of carboxylic acid groups (broad SMARTS) is 1. The van der Waals surface area contributed by atoms with E-state index in [0.29, 0.717) is 6.42 Å². The number of carboxylic acids is 1. The minimum atomic E-state index is -1.14. The van der Waals surface area contributed by atoms with Gasteiger partial charge in [0.2, 0.25) is 0 Å². The highest BCUT2D eigenvalue weighted by Gasteiger charge is 2.24. The second kappa shape index (κ2) is 6.04. The molecule has 1 rings (SSSR count). The lowest BCUT2D eigenvalue weighted by Gasteiger charge is -2.20. The maximum Gasteiger partial charge on any atom is 0.421 e. The van der Waals surface area contributed by atoms with E-state index in [1.54, 1.807) is 27.7 Å². The molecule has 0 atom stereocenters. The summed E-state index contributed by atoms with van der Waals surface area (Å²) in [5.41, 5.74) is -0.551. The zero-order valence-corrected chi connectivity index (χ0v) is 12.7. The van der Waals surface area contributed by atoms with E-state index in [0.717, 1.165) is 15.9 Å². The van der Waals surface area contributed by atoms with E-state index in [2.05, 4.69) is 0 Å². The first-order valence-corrected chi connectivity index (χ1v) is 6.97. The average molecular weight is 298 g/mol. The third kappa shape index (κ3) is 3.80. The molecule has 1 aromatic heterocycles. The minimum Gasteiger partial charge on any atom is -0.478 e. The number of allylic oxidation sites excluding steroid dienone is 1. The van der Waals surface area contributed by atoms with E-state index in [9.17, 15) is 14.7 Å². The monoisotopic (exact) mass is 298 g/mol. The molecule has 0 saturated heterocycles. The van der Waals surface area contributed by atoms with E-state index < -0.39 is 17.7 Å². The van der Waals surface area contributed by atoms with Crippen molar-refractivity contribution in [3.63, 3.8) is 0 Å². The molecule has 0 unspecified atom stereocenters. The summed E-state index contributed by atoms with van der Waals surface area (Å²) in [6, 6.07) is 0. The number of aromatic nitrogens is 1. The summed E-state index contributed by atoms with van der Waals surface area (Å²) in [5, 5.41) is 18.4. The highest BCUT2D eigenvalue weighted by molar-refractivity contribution is 7.07. The smallest absolute Gasteiger partial charge is 0.421 e. The van der Waals surface area contributed by atoms with Crippen molar-refractivity contribution >= 4 is 29.0 Å². The van der Waals surface area contributed by atoms with Crippen molar-refractivity contribution in [2.45, 2.75) is 39.7 Å². The summed E-state index contributed by atoms with van der Waals surface area (Å²) in [6.45, 7) is 6.93. The van der Waals surface area contributed by atoms with Gasteiger partial charge in [0.05, 0.1) is 11.3 Å². The van der Waals surface area contributed by atoms with Crippen molar-refractivity contribution in [3.05, 3.63) is 22.0 Å². The molecule has 0 aromatic carbocycles. The fourth-order valence-corrected chi connectivity index (χ4v) is 2.24. The number of carbonyl (C=O) groups is 2. The van der Waals surface area contributed by atoms with Gasteiger partial charge in [0.1, 0.15) is 5.60 Å². The van der Waals surface area contributed by atoms with E-state index in [4.69, 9.17) is 10.1 Å². The van der Waals surface area contributed by atoms with E-state index in [1.165, 1.54) is 11.5 Å². The molecule has 20 heavy (non-hydrogen) atoms. The van der Waals surface area contributed by atoms with Crippen LogP contribution in [0.25, 0.3) is 5.57 Å². The van der Waals surface area contributed by atoms with Crippen molar-refractivity contribution in [1.82, 2.24) is 4.57 Å². The maximum atomic E-state index is 12.1. The number of rotatable bonds is 3. The maximum absolute atomic E-state index is 12.1. The van der Waals surface area contributed by atoms with Crippen LogP contribution in [-0.4, -0.2) is 27.3 Å². The fraction of sp³-hybridized carbons (Fsp3) is 0.462. The summed E-state index contributed by atoms with van der Waals surface area (Å²) in [4.78, 5) is 23.3. The molecular weight excluding hydrogens is 280 g/mol. The standard InChI is InChI=1S/C13H18N2O4S/c1-5-6-8(10(16)17)9-7-20-11(14)15(9)12(18)19-13(2,3)4/h6-7,14H,5H2,1-4H3,(H,16,17)/b8-6-,14-11?. The van der Waals surface area contributed by atoms with Gasteiger partial charge in [-0.3, -0.25) is 5.41 Å². The number of hydrogen-bond donors (Lipinski definition) is 2. The zero-order valence-electron chi connectivity index (χ0n) is 11.9. The molecule has 0 aliphatic heterocycles. The first-order chi connectivity index (χ1) is 9.17. The summed E-state index contributed by atoms with van der Waals surface area (Å²) < 4.78 is 6.18. The van der Waals surface area contributed by atoms with Gasteiger partial charge in [-0.15, -0.1) is 11.3 Å². The van der Waals surface area contributed by atoms with E-state index >= 15 is 0 Å². The minimum absolute atomic E-state index is 0.00638. The van der Waals surface area contributed by atoms with Crippen LogP contribution in [0.5, 0.6) is 0 Å². The lowest BCUT2D eigenvalue weighted by molar-refractivity contribution is -0.130. The molecule has 0 saturated carbocycles. The third-order valence-corrected chi connectivity index (χ3v) is 2.96. The molecule has 2 N–H and O–H groups in total. The van der Waals surface area contributed by atoms with Gasteiger partial charge in [0.15, 0.2) is 4.80 Å². The molecule has 0 bridgehead atoms. The van der Waals surface area contributed by atoms with Gasteiger partial charge >= 0.3 is 12.1 Å². The Labute approximate surface area is 120 Å². The number of hydrogen-bond acceptors (Lipinski definition) is 5. The molecular formula is C13H18N2O4S. The second-order valence-electron chi connectivity index (χ2n) is 5.07. The Kier molecular flexibility index (Phi) is 4.88. The Balaban J connectivity index is 3.33. The molecule has 7 heteroatoms. The fourth-order valence-electron chi connectivity index (χ4n) is 1.50. The van der Waals surface area contributed by atoms with Gasteiger partial charge in [-0.25, -0.2) is 14.2 Å². The summed E-state index contributed by atoms with van der Waals surface area (Å²) >= 11 is 0.982. The largest absolute Gasteiger partial charge is 0.478 e. The van der Waals surface area contributed by atoms with Gasteiger partial charge < -0.3 is 9.84 Å². The van der Waals surface area contributed by atoms with Crippen LogP contribution in [0.15, 0.2) is 11.5 Å². The van der Waals surface area contributed by atoms with Gasteiger partial charge in [-0.05, 0) is 27.2 Å². The third-order valence-electron chi connectivity index (χ3n) is 2.22. The second-order valence-corrected chi connectivity index (χ2v) is 5.93. The molecule has 6 nitrogen and oxygen atoms in total. The highest BCUT2D eigenvalue weighted by Crippen LogP contribution is 2.18. The lowest BCUT2D eigenvalue weighted by Crippen LogP contribution is -2.32. The Morgan fingerprint density at radius 3 is 2.55 bits per heavy atom. The normalized spacial score (nSPS) is 12.3. The van der Waals surface area contributed by atoms with Crippen LogP contribution in [0, 0.1) is 5.41 Å². The average Bonchev–Trinajstić information content (AvgIpc) is 2.65. The number of thiazole rings is 1. The Morgan fingerprint density at radius 2 is 2.10 bits per heavy atom. The molecule has 0 fully saturated rings. The van der Waals surface area contributed by atoms with Crippen LogP contribution in [-0.2, 0) is 9.53 Å². The van der Waals surface area contributed by atoms with Gasteiger partial charge in [-0.1, -0.05) is 13.0 Å². The predicted octanol–water partition coefficient (Wildman–Crippen LogP) is 2.69. The number of nitrogens with zero attached hydrogens (tertiary/aromatic N) is 1. The number of nitrogens with one attached hydrogen (secondary N) is 1. The number of aliphatic carboxylic acids is 1. The van der Waals surface area contributed by atoms with Crippen molar-refractivity contribution in [2.75, 3.05) is 0 Å². The zero-order chi connectivity index (χ0) is 15.5. The number of ether oxygens (including phenoxy) is 1. The first kappa shape index (κ1) is 16.2. The van der Waals surface area contributed by atoms with Crippen LogP contribution < -0.4 is 4.80 Å². The molecule has 0 radical (unpaired) electrons. The van der Waals surface area contributed by atoms with Crippen LogP contribution in [0.2, 0.25) is 0 Å². The Morgan fingerprint density at radius 1 is 1.50 bits per heavy atom. The topological polar surface area (TPSA) is 92.4 Å². The SMILES string of the molecule is CC/C=C(\C(=O)O)c1csc(=N)n1C(=O)OC(C)(C)C. The van der Waals surface area contributed by atoms with Crippen molar-refractivity contribution in [2.24, 2.45) is 0 Å². The molecule has 0 spiro atoms. The van der Waals surface area contributed by atoms with Crippen LogP contribution >= 0.6 is 11.3 Å². The molecule has 0 aliphatic carbocycles. The summed E-state index contributed by atoms with van der Waals surface area (Å²) in [5.74, 6) is -1.14. The summed E-state index contributed by atoms with van der Waals surface area (Å²) in [7, 11) is 0. The lowest BCUT2D eigenvalue weighted by atomic mass is 10.1. The van der Waals surface area contributed by atoms with E-state index in [-0.39, 0.29) is 16.1 Å². The van der Waals surface area contributed by atoms with Crippen molar-refractivity contribution < 1.29 is 19.4 Å².